The second kappa shape index (κ2) is 3.98. The first-order valence-electron chi connectivity index (χ1n) is 4.69. The van der Waals surface area contributed by atoms with Gasteiger partial charge in [-0.05, 0) is 24.6 Å². The Bertz CT molecular complexity index is 402. The number of carbonyl (C=O) groups is 1. The largest absolute Gasteiger partial charge is 0.363 e. The minimum Gasteiger partial charge on any atom is -0.294 e. The van der Waals surface area contributed by atoms with E-state index in [1.54, 1.807) is 17.0 Å². The molecule has 78 valence electrons. The minimum absolute atomic E-state index is 0.280. The molecule has 1 atom stereocenters. The molecule has 4 nitrogen and oxygen atoms in total. The predicted molar refractivity (Wildman–Crippen MR) is 56.8 cm³/mol. The van der Waals surface area contributed by atoms with Crippen molar-refractivity contribution in [3.05, 3.63) is 34.9 Å². The van der Waals surface area contributed by atoms with Crippen LogP contribution in [0.25, 0.3) is 0 Å². The number of carbonyl (C=O) groups excluding carboxylic acids is 1. The first-order chi connectivity index (χ1) is 7.22. The van der Waals surface area contributed by atoms with Crippen LogP contribution < -0.4 is 0 Å². The smallest absolute Gasteiger partial charge is 0.294 e. The molecule has 1 heterocycles. The van der Waals surface area contributed by atoms with E-state index in [1.807, 2.05) is 19.1 Å². The van der Waals surface area contributed by atoms with Gasteiger partial charge < -0.3 is 0 Å². The molecular formula is C10H10ClN3O. The van der Waals surface area contributed by atoms with Gasteiger partial charge in [-0.15, -0.1) is 0 Å². The Labute approximate surface area is 92.6 Å². The van der Waals surface area contributed by atoms with Crippen LogP contribution in [-0.4, -0.2) is 17.5 Å². The van der Waals surface area contributed by atoms with Crippen LogP contribution in [0.1, 0.15) is 18.7 Å². The number of nitrogens with zero attached hydrogens (tertiary/aromatic N) is 3. The SMILES string of the molecule is CCN1C(=O)N=NC1c1ccc(Cl)cc1. The quantitative estimate of drug-likeness (QED) is 0.759. The summed E-state index contributed by atoms with van der Waals surface area (Å²) in [5, 5.41) is 8.14. The molecule has 0 spiro atoms. The molecule has 0 saturated heterocycles. The van der Waals surface area contributed by atoms with Gasteiger partial charge in [-0.2, -0.15) is 5.11 Å². The van der Waals surface area contributed by atoms with Gasteiger partial charge in [0, 0.05) is 11.6 Å². The van der Waals surface area contributed by atoms with Crippen LogP contribution in [0.2, 0.25) is 5.02 Å². The van der Waals surface area contributed by atoms with E-state index in [-0.39, 0.29) is 12.2 Å². The van der Waals surface area contributed by atoms with Crippen molar-refractivity contribution in [2.75, 3.05) is 6.54 Å². The molecule has 0 saturated carbocycles. The van der Waals surface area contributed by atoms with Crippen molar-refractivity contribution in [1.29, 1.82) is 0 Å². The zero-order valence-electron chi connectivity index (χ0n) is 8.22. The molecular weight excluding hydrogens is 214 g/mol. The number of hydrogen-bond acceptors (Lipinski definition) is 2. The van der Waals surface area contributed by atoms with Crippen molar-refractivity contribution in [3.63, 3.8) is 0 Å². The Morgan fingerprint density at radius 2 is 2.07 bits per heavy atom. The summed E-state index contributed by atoms with van der Waals surface area (Å²) >= 11 is 5.78. The lowest BCUT2D eigenvalue weighted by atomic mass is 10.1. The van der Waals surface area contributed by atoms with E-state index in [1.165, 1.54) is 0 Å². The van der Waals surface area contributed by atoms with E-state index in [0.29, 0.717) is 11.6 Å². The summed E-state index contributed by atoms with van der Waals surface area (Å²) in [5.74, 6) is 0. The molecule has 1 aromatic carbocycles. The molecule has 0 fully saturated rings. The number of halogens is 1. The van der Waals surface area contributed by atoms with Crippen LogP contribution in [-0.2, 0) is 0 Å². The van der Waals surface area contributed by atoms with Gasteiger partial charge in [-0.25, -0.2) is 4.79 Å². The number of urea groups is 1. The van der Waals surface area contributed by atoms with Gasteiger partial charge in [-0.1, -0.05) is 28.8 Å². The van der Waals surface area contributed by atoms with E-state index >= 15 is 0 Å². The van der Waals surface area contributed by atoms with Crippen molar-refractivity contribution in [2.24, 2.45) is 10.2 Å². The number of rotatable bonds is 2. The number of amides is 2. The molecule has 2 amide bonds. The molecule has 0 aromatic heterocycles. The molecule has 0 N–H and O–H groups in total. The number of benzene rings is 1. The van der Waals surface area contributed by atoms with Crippen molar-refractivity contribution >= 4 is 17.6 Å². The Morgan fingerprint density at radius 3 is 2.67 bits per heavy atom. The van der Waals surface area contributed by atoms with Crippen LogP contribution in [0.15, 0.2) is 34.5 Å². The molecule has 0 radical (unpaired) electrons. The van der Waals surface area contributed by atoms with Crippen molar-refractivity contribution in [1.82, 2.24) is 4.90 Å². The third kappa shape index (κ3) is 1.85. The summed E-state index contributed by atoms with van der Waals surface area (Å²) in [5.41, 5.74) is 0.927. The average molecular weight is 224 g/mol. The van der Waals surface area contributed by atoms with Crippen LogP contribution in [0.4, 0.5) is 4.79 Å². The van der Waals surface area contributed by atoms with Crippen molar-refractivity contribution in [2.45, 2.75) is 13.1 Å². The summed E-state index contributed by atoms with van der Waals surface area (Å²) in [4.78, 5) is 12.9. The topological polar surface area (TPSA) is 45.0 Å². The Kier molecular flexibility index (Phi) is 2.68. The Hall–Kier alpha value is -1.42. The maximum Gasteiger partial charge on any atom is 0.363 e. The maximum absolute atomic E-state index is 11.3. The van der Waals surface area contributed by atoms with Crippen LogP contribution >= 0.6 is 11.6 Å². The Morgan fingerprint density at radius 1 is 1.40 bits per heavy atom. The van der Waals surface area contributed by atoms with E-state index in [4.69, 9.17) is 11.6 Å². The fourth-order valence-corrected chi connectivity index (χ4v) is 1.64. The third-order valence-electron chi connectivity index (χ3n) is 2.30. The van der Waals surface area contributed by atoms with Crippen LogP contribution in [0.3, 0.4) is 0 Å². The highest BCUT2D eigenvalue weighted by Crippen LogP contribution is 2.28. The molecule has 15 heavy (non-hydrogen) atoms. The van der Waals surface area contributed by atoms with E-state index in [0.717, 1.165) is 5.56 Å². The monoisotopic (exact) mass is 223 g/mol. The third-order valence-corrected chi connectivity index (χ3v) is 2.55. The van der Waals surface area contributed by atoms with Gasteiger partial charge in [-0.3, -0.25) is 4.90 Å². The second-order valence-electron chi connectivity index (χ2n) is 3.21. The average Bonchev–Trinajstić information content (AvgIpc) is 2.61. The summed E-state index contributed by atoms with van der Waals surface area (Å²) in [6.07, 6.45) is -0.292. The summed E-state index contributed by atoms with van der Waals surface area (Å²) in [6.45, 7) is 2.50. The fraction of sp³-hybridized carbons (Fsp3) is 0.300. The maximum atomic E-state index is 11.3. The van der Waals surface area contributed by atoms with Gasteiger partial charge in [0.2, 0.25) is 0 Å². The van der Waals surface area contributed by atoms with Crippen LogP contribution in [0.5, 0.6) is 0 Å². The minimum atomic E-state index is -0.292. The van der Waals surface area contributed by atoms with Gasteiger partial charge in [0.25, 0.3) is 0 Å². The molecule has 2 rings (SSSR count). The highest BCUT2D eigenvalue weighted by atomic mass is 35.5. The van der Waals surface area contributed by atoms with Gasteiger partial charge in [0.1, 0.15) is 0 Å². The highest BCUT2D eigenvalue weighted by Gasteiger charge is 2.28. The number of azo groups is 1. The molecule has 1 aliphatic rings. The summed E-state index contributed by atoms with van der Waals surface area (Å²) < 4.78 is 0. The molecule has 0 bridgehead atoms. The fourth-order valence-electron chi connectivity index (χ4n) is 1.52. The summed E-state index contributed by atoms with van der Waals surface area (Å²) in [7, 11) is 0. The number of hydrogen-bond donors (Lipinski definition) is 0. The molecule has 5 heteroatoms. The van der Waals surface area contributed by atoms with E-state index < -0.39 is 0 Å². The van der Waals surface area contributed by atoms with Crippen LogP contribution in [0, 0.1) is 0 Å². The lowest BCUT2D eigenvalue weighted by Crippen LogP contribution is -2.26. The molecule has 0 aliphatic carbocycles. The van der Waals surface area contributed by atoms with E-state index in [9.17, 15) is 4.79 Å². The standard InChI is InChI=1S/C10H10ClN3O/c1-2-14-9(12-13-10(14)15)7-3-5-8(11)6-4-7/h3-6,9H,2H2,1H3. The van der Waals surface area contributed by atoms with Crippen molar-refractivity contribution in [3.8, 4) is 0 Å². The molecule has 1 aliphatic heterocycles. The zero-order valence-corrected chi connectivity index (χ0v) is 8.98. The normalized spacial score (nSPS) is 20.0. The lowest BCUT2D eigenvalue weighted by molar-refractivity contribution is 0.205. The van der Waals surface area contributed by atoms with Gasteiger partial charge in [0.05, 0.1) is 0 Å². The zero-order chi connectivity index (χ0) is 10.8. The predicted octanol–water partition coefficient (Wildman–Crippen LogP) is 3.25. The Balaban J connectivity index is 2.28. The lowest BCUT2D eigenvalue weighted by Gasteiger charge is -2.19. The molecule has 1 aromatic rings. The molecule has 1 unspecified atom stereocenters. The summed E-state index contributed by atoms with van der Waals surface area (Å²) in [6, 6.07) is 6.99. The second-order valence-corrected chi connectivity index (χ2v) is 3.65. The first kappa shape index (κ1) is 10.1. The van der Waals surface area contributed by atoms with Crippen molar-refractivity contribution < 1.29 is 4.79 Å². The highest BCUT2D eigenvalue weighted by molar-refractivity contribution is 6.30. The first-order valence-corrected chi connectivity index (χ1v) is 5.07. The van der Waals surface area contributed by atoms with Gasteiger partial charge >= 0.3 is 6.03 Å². The van der Waals surface area contributed by atoms with E-state index in [2.05, 4.69) is 10.2 Å². The van der Waals surface area contributed by atoms with Gasteiger partial charge in [0.15, 0.2) is 6.17 Å².